The maximum Gasteiger partial charge on any atom is 0.251 e. The summed E-state index contributed by atoms with van der Waals surface area (Å²) in [7, 11) is 0. The molecule has 1 aliphatic rings. The van der Waals surface area contributed by atoms with E-state index < -0.39 is 5.54 Å². The largest absolute Gasteiger partial charge is 0.348 e. The zero-order valence-corrected chi connectivity index (χ0v) is 11.4. The Bertz CT molecular complexity index is 523. The van der Waals surface area contributed by atoms with E-state index in [0.717, 1.165) is 11.3 Å². The number of benzene rings is 1. The van der Waals surface area contributed by atoms with Crippen molar-refractivity contribution in [3.8, 4) is 0 Å². The molecule has 1 saturated heterocycles. The SMILES string of the molecule is C[C@H](N)c1ccccc1N1CC(=O)NC(=O)C1(C)C. The first kappa shape index (κ1) is 13.5. The maximum atomic E-state index is 12.0. The van der Waals surface area contributed by atoms with Gasteiger partial charge in [-0.05, 0) is 32.4 Å². The minimum absolute atomic E-state index is 0.155. The fourth-order valence-corrected chi connectivity index (χ4v) is 2.29. The van der Waals surface area contributed by atoms with E-state index in [-0.39, 0.29) is 24.4 Å². The number of hydrogen-bond donors (Lipinski definition) is 2. The molecule has 2 amide bonds. The molecule has 1 heterocycles. The van der Waals surface area contributed by atoms with Crippen molar-refractivity contribution in [2.24, 2.45) is 5.73 Å². The topological polar surface area (TPSA) is 75.4 Å². The monoisotopic (exact) mass is 261 g/mol. The first-order chi connectivity index (χ1) is 8.84. The van der Waals surface area contributed by atoms with Gasteiger partial charge in [0.2, 0.25) is 5.91 Å². The molecule has 0 aromatic heterocycles. The van der Waals surface area contributed by atoms with Crippen LogP contribution in [-0.2, 0) is 9.59 Å². The lowest BCUT2D eigenvalue weighted by Gasteiger charge is -2.42. The molecular formula is C14H19N3O2. The second-order valence-electron chi connectivity index (χ2n) is 5.37. The van der Waals surface area contributed by atoms with Crippen LogP contribution in [0.5, 0.6) is 0 Å². The number of piperazine rings is 1. The van der Waals surface area contributed by atoms with Gasteiger partial charge in [0.05, 0.1) is 6.54 Å². The lowest BCUT2D eigenvalue weighted by molar-refractivity contribution is -0.135. The third-order valence-corrected chi connectivity index (χ3v) is 3.50. The zero-order chi connectivity index (χ0) is 14.2. The standard InChI is InChI=1S/C14H19N3O2/c1-9(15)10-6-4-5-7-11(10)17-8-12(18)16-13(19)14(17,2)3/h4-7,9H,8,15H2,1-3H3,(H,16,18,19)/t9-/m0/s1. The zero-order valence-electron chi connectivity index (χ0n) is 11.4. The van der Waals surface area contributed by atoms with Crippen LogP contribution in [0.4, 0.5) is 5.69 Å². The minimum Gasteiger partial charge on any atom is -0.348 e. The minimum atomic E-state index is -0.779. The fraction of sp³-hybridized carbons (Fsp3) is 0.429. The smallest absolute Gasteiger partial charge is 0.251 e. The first-order valence-electron chi connectivity index (χ1n) is 6.30. The quantitative estimate of drug-likeness (QED) is 0.777. The number of para-hydroxylation sites is 1. The average molecular weight is 261 g/mol. The first-order valence-corrected chi connectivity index (χ1v) is 6.30. The van der Waals surface area contributed by atoms with E-state index in [1.807, 2.05) is 36.1 Å². The van der Waals surface area contributed by atoms with Gasteiger partial charge < -0.3 is 10.6 Å². The molecule has 0 unspecified atom stereocenters. The number of nitrogens with zero attached hydrogens (tertiary/aromatic N) is 1. The lowest BCUT2D eigenvalue weighted by atomic mass is 9.95. The number of amides is 2. The summed E-state index contributed by atoms with van der Waals surface area (Å²) in [4.78, 5) is 25.4. The number of anilines is 1. The number of carbonyl (C=O) groups is 2. The van der Waals surface area contributed by atoms with Gasteiger partial charge in [0.25, 0.3) is 5.91 Å². The van der Waals surface area contributed by atoms with Crippen molar-refractivity contribution in [3.05, 3.63) is 29.8 Å². The summed E-state index contributed by atoms with van der Waals surface area (Å²) in [6, 6.07) is 7.45. The molecule has 1 fully saturated rings. The molecule has 0 bridgehead atoms. The highest BCUT2D eigenvalue weighted by Crippen LogP contribution is 2.31. The molecule has 0 aliphatic carbocycles. The van der Waals surface area contributed by atoms with E-state index in [4.69, 9.17) is 5.73 Å². The van der Waals surface area contributed by atoms with Crippen LogP contribution in [0, 0.1) is 0 Å². The molecule has 0 saturated carbocycles. The number of nitrogens with one attached hydrogen (secondary N) is 1. The average Bonchev–Trinajstić information content (AvgIpc) is 2.34. The summed E-state index contributed by atoms with van der Waals surface area (Å²) < 4.78 is 0. The van der Waals surface area contributed by atoms with Gasteiger partial charge in [0.1, 0.15) is 5.54 Å². The van der Waals surface area contributed by atoms with Gasteiger partial charge in [-0.15, -0.1) is 0 Å². The Balaban J connectivity index is 2.50. The van der Waals surface area contributed by atoms with Crippen LogP contribution in [0.15, 0.2) is 24.3 Å². The predicted octanol–water partition coefficient (Wildman–Crippen LogP) is 0.948. The second-order valence-corrected chi connectivity index (χ2v) is 5.37. The third kappa shape index (κ3) is 2.33. The lowest BCUT2D eigenvalue weighted by Crippen LogP contribution is -2.64. The van der Waals surface area contributed by atoms with Crippen molar-refractivity contribution < 1.29 is 9.59 Å². The molecule has 3 N–H and O–H groups in total. The molecule has 2 rings (SSSR count). The molecule has 5 nitrogen and oxygen atoms in total. The summed E-state index contributed by atoms with van der Waals surface area (Å²) in [5.74, 6) is -0.577. The van der Waals surface area contributed by atoms with Crippen molar-refractivity contribution in [2.45, 2.75) is 32.4 Å². The van der Waals surface area contributed by atoms with Gasteiger partial charge in [-0.1, -0.05) is 18.2 Å². The molecule has 102 valence electrons. The third-order valence-electron chi connectivity index (χ3n) is 3.50. The predicted molar refractivity (Wildman–Crippen MR) is 73.6 cm³/mol. The van der Waals surface area contributed by atoms with Crippen LogP contribution in [0.2, 0.25) is 0 Å². The molecule has 0 radical (unpaired) electrons. The van der Waals surface area contributed by atoms with Crippen molar-refractivity contribution in [2.75, 3.05) is 11.4 Å². The molecule has 1 aliphatic heterocycles. The molecule has 5 heteroatoms. The Morgan fingerprint density at radius 2 is 1.95 bits per heavy atom. The van der Waals surface area contributed by atoms with Gasteiger partial charge >= 0.3 is 0 Å². The number of rotatable bonds is 2. The van der Waals surface area contributed by atoms with Crippen molar-refractivity contribution in [1.82, 2.24) is 5.32 Å². The number of imide groups is 1. The molecule has 1 aromatic rings. The van der Waals surface area contributed by atoms with Crippen LogP contribution < -0.4 is 16.0 Å². The van der Waals surface area contributed by atoms with E-state index in [2.05, 4.69) is 5.32 Å². The van der Waals surface area contributed by atoms with E-state index in [1.165, 1.54) is 0 Å². The molecule has 0 spiro atoms. The van der Waals surface area contributed by atoms with E-state index in [9.17, 15) is 9.59 Å². The van der Waals surface area contributed by atoms with Crippen LogP contribution in [0.25, 0.3) is 0 Å². The van der Waals surface area contributed by atoms with Gasteiger partial charge in [-0.2, -0.15) is 0 Å². The Morgan fingerprint density at radius 3 is 2.58 bits per heavy atom. The van der Waals surface area contributed by atoms with Crippen molar-refractivity contribution in [1.29, 1.82) is 0 Å². The highest BCUT2D eigenvalue weighted by Gasteiger charge is 2.41. The van der Waals surface area contributed by atoms with Crippen LogP contribution in [0.3, 0.4) is 0 Å². The Hall–Kier alpha value is -1.88. The van der Waals surface area contributed by atoms with Crippen LogP contribution >= 0.6 is 0 Å². The maximum absolute atomic E-state index is 12.0. The Morgan fingerprint density at radius 1 is 1.32 bits per heavy atom. The summed E-state index contributed by atoms with van der Waals surface area (Å²) in [5.41, 5.74) is 6.96. The number of hydrogen-bond acceptors (Lipinski definition) is 4. The summed E-state index contributed by atoms with van der Waals surface area (Å²) in [6.07, 6.45) is 0. The second kappa shape index (κ2) is 4.66. The summed E-state index contributed by atoms with van der Waals surface area (Å²) in [6.45, 7) is 5.64. The molecule has 1 aromatic carbocycles. The van der Waals surface area contributed by atoms with Crippen LogP contribution in [0.1, 0.15) is 32.4 Å². The number of nitrogens with two attached hydrogens (primary N) is 1. The van der Waals surface area contributed by atoms with Gasteiger partial charge in [-0.3, -0.25) is 14.9 Å². The van der Waals surface area contributed by atoms with Crippen molar-refractivity contribution >= 4 is 17.5 Å². The fourth-order valence-electron chi connectivity index (χ4n) is 2.29. The summed E-state index contributed by atoms with van der Waals surface area (Å²) >= 11 is 0. The van der Waals surface area contributed by atoms with Gasteiger partial charge in [-0.25, -0.2) is 0 Å². The van der Waals surface area contributed by atoms with Gasteiger partial charge in [0, 0.05) is 11.7 Å². The molecule has 1 atom stereocenters. The van der Waals surface area contributed by atoms with Crippen LogP contribution in [-0.4, -0.2) is 23.9 Å². The number of carbonyl (C=O) groups excluding carboxylic acids is 2. The normalized spacial score (nSPS) is 20.1. The Labute approximate surface area is 112 Å². The highest BCUT2D eigenvalue weighted by atomic mass is 16.2. The van der Waals surface area contributed by atoms with E-state index in [1.54, 1.807) is 13.8 Å². The van der Waals surface area contributed by atoms with E-state index in [0.29, 0.717) is 0 Å². The highest BCUT2D eigenvalue weighted by molar-refractivity contribution is 6.06. The Kier molecular flexibility index (Phi) is 3.32. The van der Waals surface area contributed by atoms with Gasteiger partial charge in [0.15, 0.2) is 0 Å². The van der Waals surface area contributed by atoms with E-state index >= 15 is 0 Å². The molecule has 19 heavy (non-hydrogen) atoms. The molecular weight excluding hydrogens is 242 g/mol. The van der Waals surface area contributed by atoms with Crippen molar-refractivity contribution in [3.63, 3.8) is 0 Å². The summed E-state index contributed by atoms with van der Waals surface area (Å²) in [5, 5.41) is 2.37.